The third-order valence-corrected chi connectivity index (χ3v) is 2.68. The van der Waals surface area contributed by atoms with E-state index < -0.39 is 0 Å². The summed E-state index contributed by atoms with van der Waals surface area (Å²) in [6, 6.07) is 5.87. The Morgan fingerprint density at radius 2 is 2.31 bits per heavy atom. The largest absolute Gasteiger partial charge is 0.453 e. The van der Waals surface area contributed by atoms with Crippen LogP contribution in [0.2, 0.25) is 0 Å². The highest BCUT2D eigenvalue weighted by Crippen LogP contribution is 2.20. The van der Waals surface area contributed by atoms with E-state index in [1.165, 1.54) is 0 Å². The van der Waals surface area contributed by atoms with Gasteiger partial charge in [-0.1, -0.05) is 0 Å². The van der Waals surface area contributed by atoms with Crippen molar-refractivity contribution in [3.63, 3.8) is 0 Å². The summed E-state index contributed by atoms with van der Waals surface area (Å²) in [5.41, 5.74) is 0.965. The fourth-order valence-electron chi connectivity index (χ4n) is 1.34. The first-order chi connectivity index (χ1) is 7.75. The molecule has 0 aliphatic rings. The van der Waals surface area contributed by atoms with Crippen molar-refractivity contribution >= 4 is 15.9 Å². The summed E-state index contributed by atoms with van der Waals surface area (Å²) >= 11 is 3.28. The van der Waals surface area contributed by atoms with E-state index in [2.05, 4.69) is 31.2 Å². The van der Waals surface area contributed by atoms with Crippen LogP contribution < -0.4 is 5.32 Å². The molecule has 1 N–H and O–H groups in total. The number of rotatable bonds is 4. The van der Waals surface area contributed by atoms with Gasteiger partial charge in [-0.15, -0.1) is 0 Å². The molecule has 0 radical (unpaired) electrons. The predicted molar refractivity (Wildman–Crippen MR) is 63.7 cm³/mol. The van der Waals surface area contributed by atoms with Gasteiger partial charge in [0.25, 0.3) is 0 Å². The van der Waals surface area contributed by atoms with Gasteiger partial charge < -0.3 is 9.73 Å². The minimum Gasteiger partial charge on any atom is -0.453 e. The third kappa shape index (κ3) is 2.90. The van der Waals surface area contributed by atoms with E-state index in [9.17, 15) is 0 Å². The molecule has 0 bridgehead atoms. The van der Waals surface area contributed by atoms with Gasteiger partial charge in [0.2, 0.25) is 0 Å². The molecule has 0 fully saturated rings. The number of hydrogen-bond donors (Lipinski definition) is 1. The summed E-state index contributed by atoms with van der Waals surface area (Å²) in [6.45, 7) is 2.74. The van der Waals surface area contributed by atoms with Crippen molar-refractivity contribution in [1.82, 2.24) is 15.3 Å². The number of nitrogens with zero attached hydrogens (tertiary/aromatic N) is 2. The maximum Gasteiger partial charge on any atom is 0.169 e. The molecule has 84 valence electrons. The van der Waals surface area contributed by atoms with E-state index in [1.54, 1.807) is 12.5 Å². The molecule has 2 heterocycles. The van der Waals surface area contributed by atoms with Crippen molar-refractivity contribution in [2.45, 2.75) is 19.5 Å². The lowest BCUT2D eigenvalue weighted by Crippen LogP contribution is -2.18. The summed E-state index contributed by atoms with van der Waals surface area (Å²) in [5.74, 6) is 0.904. The zero-order valence-electron chi connectivity index (χ0n) is 8.85. The standard InChI is InChI=1S/C11H12BrN3O/c1-8(10-2-3-11(12)16-10)14-6-9-4-5-13-7-15-9/h2-5,7-8,14H,6H2,1H3. The molecule has 4 nitrogen and oxygen atoms in total. The lowest BCUT2D eigenvalue weighted by atomic mass is 10.2. The Morgan fingerprint density at radius 3 is 2.94 bits per heavy atom. The van der Waals surface area contributed by atoms with Crippen LogP contribution in [0.4, 0.5) is 0 Å². The summed E-state index contributed by atoms with van der Waals surface area (Å²) in [7, 11) is 0. The molecule has 0 amide bonds. The summed E-state index contributed by atoms with van der Waals surface area (Å²) in [5, 5.41) is 3.32. The fourth-order valence-corrected chi connectivity index (χ4v) is 1.66. The normalized spacial score (nSPS) is 12.6. The van der Waals surface area contributed by atoms with E-state index in [-0.39, 0.29) is 6.04 Å². The Kier molecular flexibility index (Phi) is 3.69. The molecule has 5 heteroatoms. The van der Waals surface area contributed by atoms with E-state index in [4.69, 9.17) is 4.42 Å². The fraction of sp³-hybridized carbons (Fsp3) is 0.273. The number of halogens is 1. The monoisotopic (exact) mass is 281 g/mol. The van der Waals surface area contributed by atoms with Gasteiger partial charge >= 0.3 is 0 Å². The first-order valence-electron chi connectivity index (χ1n) is 4.99. The maximum absolute atomic E-state index is 5.46. The van der Waals surface area contributed by atoms with Gasteiger partial charge in [0, 0.05) is 12.7 Å². The molecule has 0 saturated carbocycles. The molecule has 0 saturated heterocycles. The average Bonchev–Trinajstić information content (AvgIpc) is 2.74. The van der Waals surface area contributed by atoms with E-state index in [1.807, 2.05) is 25.1 Å². The molecular formula is C11H12BrN3O. The van der Waals surface area contributed by atoms with E-state index in [0.29, 0.717) is 6.54 Å². The highest BCUT2D eigenvalue weighted by molar-refractivity contribution is 9.10. The van der Waals surface area contributed by atoms with Crippen LogP contribution in [0.1, 0.15) is 24.4 Å². The van der Waals surface area contributed by atoms with Crippen LogP contribution in [0, 0.1) is 0 Å². The summed E-state index contributed by atoms with van der Waals surface area (Å²) in [6.07, 6.45) is 3.28. The van der Waals surface area contributed by atoms with Gasteiger partial charge in [-0.3, -0.25) is 0 Å². The zero-order valence-corrected chi connectivity index (χ0v) is 10.4. The van der Waals surface area contributed by atoms with Crippen molar-refractivity contribution < 1.29 is 4.42 Å². The molecule has 1 atom stereocenters. The minimum absolute atomic E-state index is 0.154. The van der Waals surface area contributed by atoms with Gasteiger partial charge in [-0.2, -0.15) is 0 Å². The van der Waals surface area contributed by atoms with Crippen LogP contribution >= 0.6 is 15.9 Å². The van der Waals surface area contributed by atoms with Gasteiger partial charge in [0.05, 0.1) is 11.7 Å². The second-order valence-corrected chi connectivity index (χ2v) is 4.23. The number of aromatic nitrogens is 2. The van der Waals surface area contributed by atoms with Crippen LogP contribution in [0.25, 0.3) is 0 Å². The lowest BCUT2D eigenvalue weighted by molar-refractivity contribution is 0.416. The molecule has 0 aliphatic heterocycles. The Labute approximate surface area is 102 Å². The van der Waals surface area contributed by atoms with Gasteiger partial charge in [0.15, 0.2) is 4.67 Å². The van der Waals surface area contributed by atoms with Gasteiger partial charge in [-0.25, -0.2) is 9.97 Å². The number of nitrogens with one attached hydrogen (secondary N) is 1. The first kappa shape index (κ1) is 11.3. The van der Waals surface area contributed by atoms with Crippen LogP contribution in [0.3, 0.4) is 0 Å². The second kappa shape index (κ2) is 5.23. The van der Waals surface area contributed by atoms with Crippen LogP contribution in [0.15, 0.2) is 39.8 Å². The molecule has 16 heavy (non-hydrogen) atoms. The van der Waals surface area contributed by atoms with Gasteiger partial charge in [0.1, 0.15) is 12.1 Å². The highest BCUT2D eigenvalue weighted by atomic mass is 79.9. The topological polar surface area (TPSA) is 51.0 Å². The SMILES string of the molecule is CC(NCc1ccncn1)c1ccc(Br)o1. The second-order valence-electron chi connectivity index (χ2n) is 3.45. The van der Waals surface area contributed by atoms with Crippen molar-refractivity contribution in [3.05, 3.63) is 46.8 Å². The smallest absolute Gasteiger partial charge is 0.169 e. The molecule has 2 aromatic rings. The van der Waals surface area contributed by atoms with Crippen LogP contribution in [-0.4, -0.2) is 9.97 Å². The predicted octanol–water partition coefficient (Wildman–Crippen LogP) is 2.68. The lowest BCUT2D eigenvalue weighted by Gasteiger charge is -2.10. The molecule has 2 rings (SSSR count). The minimum atomic E-state index is 0.154. The number of furan rings is 1. The zero-order chi connectivity index (χ0) is 11.4. The Morgan fingerprint density at radius 1 is 1.44 bits per heavy atom. The molecule has 0 aromatic carbocycles. The van der Waals surface area contributed by atoms with E-state index in [0.717, 1.165) is 16.1 Å². The van der Waals surface area contributed by atoms with Crippen molar-refractivity contribution in [2.75, 3.05) is 0 Å². The Hall–Kier alpha value is -1.20. The molecular weight excluding hydrogens is 270 g/mol. The summed E-state index contributed by atoms with van der Waals surface area (Å²) in [4.78, 5) is 8.01. The quantitative estimate of drug-likeness (QED) is 0.936. The van der Waals surface area contributed by atoms with Crippen LogP contribution in [-0.2, 0) is 6.54 Å². The summed E-state index contributed by atoms with van der Waals surface area (Å²) < 4.78 is 6.20. The van der Waals surface area contributed by atoms with Crippen molar-refractivity contribution in [2.24, 2.45) is 0 Å². The highest BCUT2D eigenvalue weighted by Gasteiger charge is 2.09. The third-order valence-electron chi connectivity index (χ3n) is 2.25. The Bertz CT molecular complexity index is 444. The van der Waals surface area contributed by atoms with E-state index >= 15 is 0 Å². The molecule has 1 unspecified atom stereocenters. The van der Waals surface area contributed by atoms with Crippen molar-refractivity contribution in [1.29, 1.82) is 0 Å². The maximum atomic E-state index is 5.46. The van der Waals surface area contributed by atoms with Crippen molar-refractivity contribution in [3.8, 4) is 0 Å². The molecule has 0 spiro atoms. The average molecular weight is 282 g/mol. The number of hydrogen-bond acceptors (Lipinski definition) is 4. The molecule has 2 aromatic heterocycles. The van der Waals surface area contributed by atoms with Gasteiger partial charge in [-0.05, 0) is 41.1 Å². The van der Waals surface area contributed by atoms with Crippen LogP contribution in [0.5, 0.6) is 0 Å². The Balaban J connectivity index is 1.91. The first-order valence-corrected chi connectivity index (χ1v) is 5.78. The molecule has 0 aliphatic carbocycles.